The van der Waals surface area contributed by atoms with Gasteiger partial charge in [-0.1, -0.05) is 12.1 Å². The molecule has 0 aliphatic carbocycles. The van der Waals surface area contributed by atoms with Crippen LogP contribution in [0.25, 0.3) is 0 Å². The maximum Gasteiger partial charge on any atom is 0.267 e. The molecule has 3 heterocycles. The molecule has 0 saturated carbocycles. The number of aromatic amines is 1. The van der Waals surface area contributed by atoms with E-state index in [1.165, 1.54) is 12.3 Å². The Morgan fingerprint density at radius 2 is 2.04 bits per heavy atom. The summed E-state index contributed by atoms with van der Waals surface area (Å²) < 4.78 is 0. The minimum Gasteiger partial charge on any atom is -0.364 e. The number of amides is 1. The summed E-state index contributed by atoms with van der Waals surface area (Å²) in [4.78, 5) is 25.2. The van der Waals surface area contributed by atoms with Crippen molar-refractivity contribution in [3.8, 4) is 0 Å². The quantitative estimate of drug-likeness (QED) is 0.688. The lowest BCUT2D eigenvalue weighted by Gasteiger charge is -2.24. The van der Waals surface area contributed by atoms with Crippen molar-refractivity contribution in [1.82, 2.24) is 15.0 Å². The maximum atomic E-state index is 11.4. The van der Waals surface area contributed by atoms with Gasteiger partial charge in [0, 0.05) is 12.4 Å². The van der Waals surface area contributed by atoms with Crippen LogP contribution >= 0.6 is 0 Å². The normalized spacial score (nSPS) is 16.0. The van der Waals surface area contributed by atoms with E-state index in [4.69, 9.17) is 5.73 Å². The molecule has 0 bridgehead atoms. The molecule has 2 aromatic heterocycles. The summed E-state index contributed by atoms with van der Waals surface area (Å²) in [5.74, 6) is -0.163. The van der Waals surface area contributed by atoms with Crippen LogP contribution in [0.5, 0.6) is 0 Å². The molecule has 0 radical (unpaired) electrons. The lowest BCUT2D eigenvalue weighted by atomic mass is 10.2. The van der Waals surface area contributed by atoms with Crippen LogP contribution in [0.4, 0.5) is 17.3 Å². The minimum absolute atomic E-state index is 0.185. The summed E-state index contributed by atoms with van der Waals surface area (Å²) in [6.07, 6.45) is 3.21. The Morgan fingerprint density at radius 1 is 1.17 bits per heavy atom. The lowest BCUT2D eigenvalue weighted by molar-refractivity contribution is 0.0995. The predicted molar refractivity (Wildman–Crippen MR) is 86.3 cm³/mol. The smallest absolute Gasteiger partial charge is 0.267 e. The number of anilines is 3. The number of fused-ring (bicyclic) bond motifs is 1. The molecule has 1 amide bonds. The zero-order valence-electron chi connectivity index (χ0n) is 12.1. The number of nitrogens with two attached hydrogens (primary N) is 1. The van der Waals surface area contributed by atoms with Crippen LogP contribution in [0, 0.1) is 0 Å². The molecule has 1 atom stereocenters. The summed E-state index contributed by atoms with van der Waals surface area (Å²) in [6.45, 7) is 0. The number of nitrogens with zero attached hydrogens (tertiary/aromatic N) is 3. The SMILES string of the molecule is NC(=O)c1ccnc(N2c3ccccc3NC2c2ccc[nH]2)n1. The van der Waals surface area contributed by atoms with E-state index in [0.717, 1.165) is 17.1 Å². The van der Waals surface area contributed by atoms with Gasteiger partial charge in [-0.2, -0.15) is 0 Å². The lowest BCUT2D eigenvalue weighted by Crippen LogP contribution is -2.26. The molecule has 1 aliphatic rings. The summed E-state index contributed by atoms with van der Waals surface area (Å²) in [5, 5.41) is 3.43. The van der Waals surface area contributed by atoms with E-state index in [1.54, 1.807) is 0 Å². The first kappa shape index (κ1) is 13.3. The number of benzene rings is 1. The molecule has 114 valence electrons. The standard InChI is InChI=1S/C16H14N6O/c17-14(23)11-7-9-19-16(21-11)22-13-6-2-1-4-10(13)20-15(22)12-5-3-8-18-12/h1-9,15,18,20H,(H2,17,23). The molecule has 4 rings (SSSR count). The highest BCUT2D eigenvalue weighted by atomic mass is 16.1. The Hall–Kier alpha value is -3.35. The molecule has 7 nitrogen and oxygen atoms in total. The van der Waals surface area contributed by atoms with E-state index in [1.807, 2.05) is 47.5 Å². The van der Waals surface area contributed by atoms with E-state index in [-0.39, 0.29) is 11.9 Å². The number of aromatic nitrogens is 3. The van der Waals surface area contributed by atoms with Gasteiger partial charge in [-0.15, -0.1) is 0 Å². The third-order valence-electron chi connectivity index (χ3n) is 3.74. The fraction of sp³-hybridized carbons (Fsp3) is 0.0625. The number of carbonyl (C=O) groups is 1. The summed E-state index contributed by atoms with van der Waals surface area (Å²) in [7, 11) is 0. The van der Waals surface area contributed by atoms with Gasteiger partial charge < -0.3 is 16.0 Å². The van der Waals surface area contributed by atoms with Crippen molar-refractivity contribution in [3.63, 3.8) is 0 Å². The Bertz CT molecular complexity index is 861. The number of nitrogens with one attached hydrogen (secondary N) is 2. The molecule has 0 fully saturated rings. The first-order chi connectivity index (χ1) is 11.2. The van der Waals surface area contributed by atoms with Crippen molar-refractivity contribution in [3.05, 3.63) is 66.2 Å². The van der Waals surface area contributed by atoms with Crippen molar-refractivity contribution in [1.29, 1.82) is 0 Å². The molecule has 0 spiro atoms. The first-order valence-electron chi connectivity index (χ1n) is 7.15. The molecule has 7 heteroatoms. The number of primary amides is 1. The van der Waals surface area contributed by atoms with Crippen LogP contribution in [0.15, 0.2) is 54.9 Å². The largest absolute Gasteiger partial charge is 0.364 e. The second-order valence-corrected chi connectivity index (χ2v) is 5.17. The van der Waals surface area contributed by atoms with Crippen molar-refractivity contribution in [2.24, 2.45) is 5.73 Å². The molecule has 4 N–H and O–H groups in total. The molecule has 1 aliphatic heterocycles. The average molecular weight is 306 g/mol. The maximum absolute atomic E-state index is 11.4. The van der Waals surface area contributed by atoms with E-state index in [2.05, 4.69) is 20.3 Å². The van der Waals surface area contributed by atoms with Crippen LogP contribution < -0.4 is 16.0 Å². The Balaban J connectivity index is 1.85. The van der Waals surface area contributed by atoms with Crippen LogP contribution in [-0.2, 0) is 0 Å². The fourth-order valence-corrected chi connectivity index (χ4v) is 2.71. The van der Waals surface area contributed by atoms with Gasteiger partial charge in [0.1, 0.15) is 11.9 Å². The molecule has 23 heavy (non-hydrogen) atoms. The van der Waals surface area contributed by atoms with Gasteiger partial charge in [-0.25, -0.2) is 9.97 Å². The highest BCUT2D eigenvalue weighted by Gasteiger charge is 2.33. The Kier molecular flexibility index (Phi) is 2.97. The zero-order valence-corrected chi connectivity index (χ0v) is 12.1. The molecular formula is C16H14N6O. The number of rotatable bonds is 3. The van der Waals surface area contributed by atoms with Crippen molar-refractivity contribution < 1.29 is 4.79 Å². The Labute approximate surface area is 132 Å². The van der Waals surface area contributed by atoms with Gasteiger partial charge in [0.25, 0.3) is 5.91 Å². The van der Waals surface area contributed by atoms with Crippen molar-refractivity contribution >= 4 is 23.2 Å². The van der Waals surface area contributed by atoms with E-state index < -0.39 is 5.91 Å². The number of H-pyrrole nitrogens is 1. The van der Waals surface area contributed by atoms with Gasteiger partial charge in [-0.05, 0) is 30.3 Å². The minimum atomic E-state index is -0.578. The van der Waals surface area contributed by atoms with Crippen LogP contribution in [0.2, 0.25) is 0 Å². The fourth-order valence-electron chi connectivity index (χ4n) is 2.71. The third-order valence-corrected chi connectivity index (χ3v) is 3.74. The number of carbonyl (C=O) groups excluding carboxylic acids is 1. The number of hydrogen-bond acceptors (Lipinski definition) is 5. The second-order valence-electron chi connectivity index (χ2n) is 5.17. The Morgan fingerprint density at radius 3 is 2.83 bits per heavy atom. The average Bonchev–Trinajstić information content (AvgIpc) is 3.22. The highest BCUT2D eigenvalue weighted by molar-refractivity contribution is 5.91. The summed E-state index contributed by atoms with van der Waals surface area (Å²) in [6, 6.07) is 13.3. The molecule has 0 saturated heterocycles. The van der Waals surface area contributed by atoms with Crippen LogP contribution in [0.1, 0.15) is 22.3 Å². The molecular weight excluding hydrogens is 292 g/mol. The van der Waals surface area contributed by atoms with Gasteiger partial charge >= 0.3 is 0 Å². The molecule has 3 aromatic rings. The van der Waals surface area contributed by atoms with Gasteiger partial charge in [0.05, 0.1) is 17.1 Å². The van der Waals surface area contributed by atoms with E-state index >= 15 is 0 Å². The third kappa shape index (κ3) is 2.18. The van der Waals surface area contributed by atoms with Crippen molar-refractivity contribution in [2.45, 2.75) is 6.17 Å². The zero-order chi connectivity index (χ0) is 15.8. The predicted octanol–water partition coefficient (Wildman–Crippen LogP) is 2.17. The van der Waals surface area contributed by atoms with Crippen LogP contribution in [0.3, 0.4) is 0 Å². The van der Waals surface area contributed by atoms with E-state index in [0.29, 0.717) is 5.95 Å². The van der Waals surface area contributed by atoms with Gasteiger partial charge in [0.2, 0.25) is 5.95 Å². The molecule has 1 unspecified atom stereocenters. The second kappa shape index (κ2) is 5.13. The van der Waals surface area contributed by atoms with Gasteiger partial charge in [0.15, 0.2) is 0 Å². The highest BCUT2D eigenvalue weighted by Crippen LogP contribution is 2.43. The van der Waals surface area contributed by atoms with Gasteiger partial charge in [-0.3, -0.25) is 9.69 Å². The first-order valence-corrected chi connectivity index (χ1v) is 7.15. The van der Waals surface area contributed by atoms with Crippen LogP contribution in [-0.4, -0.2) is 20.9 Å². The number of hydrogen-bond donors (Lipinski definition) is 3. The molecule has 1 aromatic carbocycles. The monoisotopic (exact) mass is 306 g/mol. The summed E-state index contributed by atoms with van der Waals surface area (Å²) >= 11 is 0. The topological polar surface area (TPSA) is 99.9 Å². The number of para-hydroxylation sites is 2. The van der Waals surface area contributed by atoms with Crippen molar-refractivity contribution in [2.75, 3.05) is 10.2 Å². The van der Waals surface area contributed by atoms with E-state index in [9.17, 15) is 4.79 Å². The summed E-state index contributed by atoms with van der Waals surface area (Å²) in [5.41, 5.74) is 8.40.